The van der Waals surface area contributed by atoms with Gasteiger partial charge >= 0.3 is 0 Å². The van der Waals surface area contributed by atoms with Gasteiger partial charge in [0, 0.05) is 13.2 Å². The number of hydrogen-bond donors (Lipinski definition) is 0. The van der Waals surface area contributed by atoms with E-state index in [1.165, 1.54) is 12.1 Å². The van der Waals surface area contributed by atoms with E-state index in [1.54, 1.807) is 26.0 Å². The second-order valence-corrected chi connectivity index (χ2v) is 7.37. The van der Waals surface area contributed by atoms with Gasteiger partial charge in [-0.15, -0.1) is 0 Å². The average Bonchev–Trinajstić information content (AvgIpc) is 2.82. The molecule has 3 aromatic carbocycles. The Morgan fingerprint density at radius 3 is 2.09 bits per heavy atom. The molecule has 0 fully saturated rings. The Balaban J connectivity index is 1.87. The first-order chi connectivity index (χ1) is 16.0. The van der Waals surface area contributed by atoms with E-state index < -0.39 is 29.3 Å². The maximum absolute atomic E-state index is 14.9. The first-order valence-electron chi connectivity index (χ1n) is 11.0. The van der Waals surface area contributed by atoms with Crippen molar-refractivity contribution in [2.24, 2.45) is 0 Å². The summed E-state index contributed by atoms with van der Waals surface area (Å²) >= 11 is 0. The molecule has 4 nitrogen and oxygen atoms in total. The summed E-state index contributed by atoms with van der Waals surface area (Å²) in [6.45, 7) is 6.08. The summed E-state index contributed by atoms with van der Waals surface area (Å²) < 4.78 is 46.1. The Hall–Kier alpha value is -3.09. The summed E-state index contributed by atoms with van der Waals surface area (Å²) in [6, 6.07) is 17.5. The Labute approximate surface area is 193 Å². The first kappa shape index (κ1) is 24.6. The Morgan fingerprint density at radius 1 is 0.879 bits per heavy atom. The van der Waals surface area contributed by atoms with Crippen LogP contribution in [0.25, 0.3) is 11.1 Å². The van der Waals surface area contributed by atoms with Gasteiger partial charge in [0.2, 0.25) is 12.1 Å². The van der Waals surface area contributed by atoms with E-state index in [0.29, 0.717) is 29.9 Å². The van der Waals surface area contributed by atoms with E-state index >= 15 is 0 Å². The van der Waals surface area contributed by atoms with E-state index in [1.807, 2.05) is 43.3 Å². The number of aryl methyl sites for hydroxylation is 1. The van der Waals surface area contributed by atoms with Crippen molar-refractivity contribution in [2.75, 3.05) is 13.2 Å². The summed E-state index contributed by atoms with van der Waals surface area (Å²) in [5, 5.41) is 0. The summed E-state index contributed by atoms with van der Waals surface area (Å²) in [5.41, 5.74) is 2.28. The maximum atomic E-state index is 14.9. The lowest BCUT2D eigenvalue weighted by atomic mass is 9.95. The van der Waals surface area contributed by atoms with E-state index in [9.17, 15) is 13.6 Å². The molecule has 3 aromatic rings. The number of ketones is 1. The van der Waals surface area contributed by atoms with Crippen LogP contribution in [0.3, 0.4) is 0 Å². The molecule has 0 unspecified atom stereocenters. The van der Waals surface area contributed by atoms with Gasteiger partial charge in [0.25, 0.3) is 0 Å². The number of carbonyl (C=O) groups excluding carboxylic acids is 1. The molecule has 0 saturated carbocycles. The van der Waals surface area contributed by atoms with Gasteiger partial charge in [-0.25, -0.2) is 8.78 Å². The van der Waals surface area contributed by atoms with Crippen LogP contribution in [-0.4, -0.2) is 25.3 Å². The zero-order valence-corrected chi connectivity index (χ0v) is 19.1. The van der Waals surface area contributed by atoms with Crippen molar-refractivity contribution in [3.63, 3.8) is 0 Å². The molecule has 0 N–H and O–H groups in total. The highest BCUT2D eigenvalue weighted by Gasteiger charge is 2.28. The molecule has 174 valence electrons. The number of carbonyl (C=O) groups is 1. The van der Waals surface area contributed by atoms with Gasteiger partial charge in [-0.1, -0.05) is 43.3 Å². The topological polar surface area (TPSA) is 44.8 Å². The Bertz CT molecular complexity index is 1050. The SMILES string of the molecule is CCOC(OCC)C(=O)c1c(F)cc(-c2ccc(OCc3ccccc3)cc2CC)cc1F. The molecule has 0 aromatic heterocycles. The molecule has 0 spiro atoms. The third-order valence-electron chi connectivity index (χ3n) is 5.16. The Morgan fingerprint density at radius 2 is 1.52 bits per heavy atom. The third-order valence-corrected chi connectivity index (χ3v) is 5.16. The van der Waals surface area contributed by atoms with Gasteiger partial charge in [-0.3, -0.25) is 4.79 Å². The fraction of sp³-hybridized carbons (Fsp3) is 0.296. The van der Waals surface area contributed by atoms with Gasteiger partial charge in [0.1, 0.15) is 24.0 Å². The zero-order valence-electron chi connectivity index (χ0n) is 19.1. The molecule has 0 aliphatic rings. The molecule has 0 atom stereocenters. The molecule has 0 radical (unpaired) electrons. The summed E-state index contributed by atoms with van der Waals surface area (Å²) in [6.07, 6.45) is -0.708. The van der Waals surface area contributed by atoms with Gasteiger partial charge in [-0.05, 0) is 66.8 Å². The molecule has 0 aliphatic carbocycles. The standard InChI is InChI=1S/C27H28F2O4/c1-4-19-14-21(33-17-18-10-8-7-9-11-18)12-13-22(19)20-15-23(28)25(24(29)16-20)26(30)27(31-5-2)32-6-3/h7-16,27H,4-6,17H2,1-3H3. The van der Waals surface area contributed by atoms with Crippen molar-refractivity contribution in [1.82, 2.24) is 0 Å². The molecule has 0 amide bonds. The number of benzene rings is 3. The van der Waals surface area contributed by atoms with Crippen LogP contribution >= 0.6 is 0 Å². The third kappa shape index (κ3) is 6.03. The molecular weight excluding hydrogens is 426 g/mol. The average molecular weight is 455 g/mol. The lowest BCUT2D eigenvalue weighted by Crippen LogP contribution is -2.29. The summed E-state index contributed by atoms with van der Waals surface area (Å²) in [4.78, 5) is 12.6. The zero-order chi connectivity index (χ0) is 23.8. The molecule has 3 rings (SSSR count). The fourth-order valence-electron chi connectivity index (χ4n) is 3.56. The quantitative estimate of drug-likeness (QED) is 0.250. The lowest BCUT2D eigenvalue weighted by molar-refractivity contribution is -0.107. The largest absolute Gasteiger partial charge is 0.489 e. The van der Waals surface area contributed by atoms with Gasteiger partial charge in [0.05, 0.1) is 5.56 Å². The van der Waals surface area contributed by atoms with Crippen molar-refractivity contribution < 1.29 is 27.8 Å². The van der Waals surface area contributed by atoms with Crippen molar-refractivity contribution in [2.45, 2.75) is 40.1 Å². The smallest absolute Gasteiger partial charge is 0.224 e. The van der Waals surface area contributed by atoms with Gasteiger partial charge in [-0.2, -0.15) is 0 Å². The first-order valence-corrected chi connectivity index (χ1v) is 11.0. The molecule has 0 saturated heterocycles. The minimum atomic E-state index is -1.35. The normalized spacial score (nSPS) is 11.1. The molecule has 33 heavy (non-hydrogen) atoms. The number of ether oxygens (including phenoxy) is 3. The maximum Gasteiger partial charge on any atom is 0.224 e. The van der Waals surface area contributed by atoms with Gasteiger partial charge in [0.15, 0.2) is 0 Å². The summed E-state index contributed by atoms with van der Waals surface area (Å²) in [5.74, 6) is -2.11. The van der Waals surface area contributed by atoms with Crippen LogP contribution in [0.1, 0.15) is 42.3 Å². The number of halogens is 2. The monoisotopic (exact) mass is 454 g/mol. The van der Waals surface area contributed by atoms with Gasteiger partial charge < -0.3 is 14.2 Å². The molecular formula is C27H28F2O4. The van der Waals surface area contributed by atoms with Crippen LogP contribution < -0.4 is 4.74 Å². The van der Waals surface area contributed by atoms with Crippen molar-refractivity contribution >= 4 is 5.78 Å². The van der Waals surface area contributed by atoms with E-state index in [4.69, 9.17) is 14.2 Å². The summed E-state index contributed by atoms with van der Waals surface area (Å²) in [7, 11) is 0. The highest BCUT2D eigenvalue weighted by Crippen LogP contribution is 2.31. The van der Waals surface area contributed by atoms with E-state index in [0.717, 1.165) is 11.1 Å². The molecule has 0 aliphatic heterocycles. The van der Waals surface area contributed by atoms with Crippen LogP contribution in [0.5, 0.6) is 5.75 Å². The molecule has 0 bridgehead atoms. The van der Waals surface area contributed by atoms with Crippen molar-refractivity contribution in [3.8, 4) is 16.9 Å². The van der Waals surface area contributed by atoms with Crippen LogP contribution in [0.4, 0.5) is 8.78 Å². The van der Waals surface area contributed by atoms with Crippen LogP contribution in [0.15, 0.2) is 60.7 Å². The number of rotatable bonds is 11. The van der Waals surface area contributed by atoms with Crippen LogP contribution in [-0.2, 0) is 22.5 Å². The highest BCUT2D eigenvalue weighted by atomic mass is 19.1. The Kier molecular flexibility index (Phi) is 8.69. The second-order valence-electron chi connectivity index (χ2n) is 7.37. The lowest BCUT2D eigenvalue weighted by Gasteiger charge is -2.17. The van der Waals surface area contributed by atoms with E-state index in [-0.39, 0.29) is 13.2 Å². The van der Waals surface area contributed by atoms with Crippen molar-refractivity contribution in [1.29, 1.82) is 0 Å². The minimum absolute atomic E-state index is 0.177. The predicted molar refractivity (Wildman–Crippen MR) is 123 cm³/mol. The van der Waals surface area contributed by atoms with Crippen molar-refractivity contribution in [3.05, 3.63) is 89.0 Å². The minimum Gasteiger partial charge on any atom is -0.489 e. The van der Waals surface area contributed by atoms with Crippen LogP contribution in [0.2, 0.25) is 0 Å². The number of Topliss-reactive ketones (excluding diaryl/α,β-unsaturated/α-hetero) is 1. The van der Waals surface area contributed by atoms with E-state index in [2.05, 4.69) is 0 Å². The number of hydrogen-bond acceptors (Lipinski definition) is 4. The fourth-order valence-corrected chi connectivity index (χ4v) is 3.56. The second kappa shape index (κ2) is 11.7. The molecule has 6 heteroatoms. The predicted octanol–water partition coefficient (Wildman–Crippen LogP) is 6.36. The molecule has 0 heterocycles. The van der Waals surface area contributed by atoms with Crippen LogP contribution in [0, 0.1) is 11.6 Å². The highest BCUT2D eigenvalue weighted by molar-refractivity contribution is 5.99.